The van der Waals surface area contributed by atoms with E-state index in [1.165, 1.54) is 0 Å². The minimum Gasteiger partial charge on any atom is -0.545 e. The summed E-state index contributed by atoms with van der Waals surface area (Å²) in [7, 11) is 0. The number of rotatable bonds is 2. The summed E-state index contributed by atoms with van der Waals surface area (Å²) in [6, 6.07) is 21.7. The maximum Gasteiger partial charge on any atom is 2.00 e. The second-order valence-electron chi connectivity index (χ2n) is 6.60. The van der Waals surface area contributed by atoms with Crippen molar-refractivity contribution in [3.8, 4) is 0 Å². The summed E-state index contributed by atoms with van der Waals surface area (Å²) in [6.45, 7) is 4.00. The number of carbonyl (C=O) groups is 2. The van der Waals surface area contributed by atoms with Crippen molar-refractivity contribution >= 4 is 33.5 Å². The zero-order valence-corrected chi connectivity index (χ0v) is 21.8. The van der Waals surface area contributed by atoms with Gasteiger partial charge in [-0.05, 0) is 69.8 Å². The van der Waals surface area contributed by atoms with Crippen LogP contribution >= 0.6 is 0 Å². The number of fused-ring (bicyclic) bond motifs is 2. The third-order valence-corrected chi connectivity index (χ3v) is 4.67. The predicted molar refractivity (Wildman–Crippen MR) is 106 cm³/mol. The average Bonchev–Trinajstić information content (AvgIpc) is 2.68. The van der Waals surface area contributed by atoms with Crippen molar-refractivity contribution < 1.29 is 47.5 Å². The molecule has 0 saturated carbocycles. The molecule has 0 bridgehead atoms. The van der Waals surface area contributed by atoms with E-state index >= 15 is 0 Å². The molecule has 0 spiro atoms. The van der Waals surface area contributed by atoms with E-state index in [4.69, 9.17) is 0 Å². The molecule has 4 aromatic carbocycles. The minimum atomic E-state index is -1.13. The Morgan fingerprint density at radius 1 is 0.621 bits per heavy atom. The molecule has 5 heteroatoms. The molecule has 0 aliphatic heterocycles. The van der Waals surface area contributed by atoms with Gasteiger partial charge >= 0.3 is 27.7 Å². The maximum absolute atomic E-state index is 10.6. The quantitative estimate of drug-likeness (QED) is 0.347. The Balaban J connectivity index is 0.000000200. The van der Waals surface area contributed by atoms with Crippen molar-refractivity contribution in [1.82, 2.24) is 0 Å². The molecule has 0 atom stereocenters. The third-order valence-electron chi connectivity index (χ3n) is 4.67. The molecule has 0 aliphatic carbocycles. The summed E-state index contributed by atoms with van der Waals surface area (Å²) in [6.07, 6.45) is 0. The number of aryl methyl sites for hydroxylation is 2. The van der Waals surface area contributed by atoms with Gasteiger partial charge in [-0.25, -0.2) is 0 Å². The number of aromatic carboxylic acids is 2. The second-order valence-corrected chi connectivity index (χ2v) is 6.60. The van der Waals surface area contributed by atoms with Crippen LogP contribution in [0.2, 0.25) is 0 Å². The summed E-state index contributed by atoms with van der Waals surface area (Å²) in [5.41, 5.74) is 2.74. The maximum atomic E-state index is 10.6. The van der Waals surface area contributed by atoms with Crippen LogP contribution in [0.25, 0.3) is 21.5 Å². The number of benzene rings is 4. The number of carboxylic acids is 2. The molecule has 0 amide bonds. The Morgan fingerprint density at radius 2 is 1.00 bits per heavy atom. The molecular formula is C24H18HgO4. The Bertz CT molecular complexity index is 1100. The molecule has 4 rings (SSSR count). The van der Waals surface area contributed by atoms with Crippen LogP contribution in [0.4, 0.5) is 0 Å². The molecule has 0 saturated heterocycles. The van der Waals surface area contributed by atoms with Gasteiger partial charge in [0.15, 0.2) is 0 Å². The molecule has 4 nitrogen and oxygen atoms in total. The Morgan fingerprint density at radius 3 is 1.34 bits per heavy atom. The van der Waals surface area contributed by atoms with Gasteiger partial charge in [-0.1, -0.05) is 60.7 Å². The van der Waals surface area contributed by atoms with Crippen molar-refractivity contribution in [2.24, 2.45) is 0 Å². The molecule has 0 heterocycles. The monoisotopic (exact) mass is 572 g/mol. The number of hydrogen-bond donors (Lipinski definition) is 0. The van der Waals surface area contributed by atoms with Gasteiger partial charge in [-0.3, -0.25) is 0 Å². The standard InChI is InChI=1S/2C12H10O2.Hg/c2*1-8-3-2-4-9-7-10(12(13)14)5-6-11(8)9;/h2*2-7H,1H3,(H,13,14);/q;;+2/p-2. The number of hydrogen-bond acceptors (Lipinski definition) is 4. The van der Waals surface area contributed by atoms with Gasteiger partial charge in [-0.2, -0.15) is 0 Å². The fourth-order valence-electron chi connectivity index (χ4n) is 3.15. The molecule has 0 aromatic heterocycles. The molecule has 4 aromatic rings. The van der Waals surface area contributed by atoms with Crippen LogP contribution in [0.1, 0.15) is 31.8 Å². The normalized spacial score (nSPS) is 10.0. The average molecular weight is 571 g/mol. The van der Waals surface area contributed by atoms with E-state index in [1.807, 2.05) is 62.4 Å². The van der Waals surface area contributed by atoms with Gasteiger partial charge in [-0.15, -0.1) is 0 Å². The first-order valence-corrected chi connectivity index (χ1v) is 8.78. The van der Waals surface area contributed by atoms with E-state index in [2.05, 4.69) is 0 Å². The van der Waals surface area contributed by atoms with E-state index in [1.54, 1.807) is 24.3 Å². The molecule has 0 aliphatic rings. The zero-order valence-electron chi connectivity index (χ0n) is 16.3. The smallest absolute Gasteiger partial charge is 0.545 e. The molecule has 140 valence electrons. The van der Waals surface area contributed by atoms with Gasteiger partial charge in [0, 0.05) is 0 Å². The fraction of sp³-hybridized carbons (Fsp3) is 0.0833. The molecular weight excluding hydrogens is 553 g/mol. The number of carbonyl (C=O) groups excluding carboxylic acids is 2. The van der Waals surface area contributed by atoms with E-state index < -0.39 is 11.9 Å². The zero-order chi connectivity index (χ0) is 20.3. The van der Waals surface area contributed by atoms with Crippen molar-refractivity contribution in [2.75, 3.05) is 0 Å². The first-order valence-electron chi connectivity index (χ1n) is 8.78. The predicted octanol–water partition coefficient (Wildman–Crippen LogP) is 3.02. The van der Waals surface area contributed by atoms with E-state index in [0.717, 1.165) is 32.7 Å². The molecule has 0 fully saturated rings. The van der Waals surface area contributed by atoms with Gasteiger partial charge in [0.1, 0.15) is 0 Å². The van der Waals surface area contributed by atoms with Crippen LogP contribution in [-0.2, 0) is 27.7 Å². The van der Waals surface area contributed by atoms with Gasteiger partial charge in [0.05, 0.1) is 11.9 Å². The summed E-state index contributed by atoms with van der Waals surface area (Å²) in [5.74, 6) is -2.26. The Labute approximate surface area is 189 Å². The molecule has 29 heavy (non-hydrogen) atoms. The van der Waals surface area contributed by atoms with Crippen molar-refractivity contribution in [1.29, 1.82) is 0 Å². The van der Waals surface area contributed by atoms with E-state index in [0.29, 0.717) is 0 Å². The van der Waals surface area contributed by atoms with Crippen molar-refractivity contribution in [2.45, 2.75) is 13.8 Å². The Hall–Kier alpha value is -2.72. The van der Waals surface area contributed by atoms with Crippen molar-refractivity contribution in [3.05, 3.63) is 95.1 Å². The van der Waals surface area contributed by atoms with Gasteiger partial charge in [0.25, 0.3) is 0 Å². The fourth-order valence-corrected chi connectivity index (χ4v) is 3.15. The largest absolute Gasteiger partial charge is 2.00 e. The van der Waals surface area contributed by atoms with Crippen LogP contribution in [-0.4, -0.2) is 11.9 Å². The summed E-state index contributed by atoms with van der Waals surface area (Å²) in [5, 5.41) is 25.3. The summed E-state index contributed by atoms with van der Waals surface area (Å²) < 4.78 is 0. The molecule has 0 unspecified atom stereocenters. The minimum absolute atomic E-state index is 0. The second kappa shape index (κ2) is 9.66. The number of carboxylic acid groups (broad SMARTS) is 2. The summed E-state index contributed by atoms with van der Waals surface area (Å²) >= 11 is 0. The van der Waals surface area contributed by atoms with Crippen molar-refractivity contribution in [3.63, 3.8) is 0 Å². The van der Waals surface area contributed by atoms with Crippen LogP contribution < -0.4 is 10.2 Å². The van der Waals surface area contributed by atoms with Crippen LogP contribution in [0.5, 0.6) is 0 Å². The first-order chi connectivity index (χ1) is 13.4. The topological polar surface area (TPSA) is 80.3 Å². The SMILES string of the molecule is Cc1cccc2cc(C(=O)[O-])ccc12.Cc1cccc2cc(C(=O)[O-])ccc12.[Hg+2]. The third kappa shape index (κ3) is 5.21. The van der Waals surface area contributed by atoms with E-state index in [-0.39, 0.29) is 38.8 Å². The van der Waals surface area contributed by atoms with Gasteiger partial charge in [0.2, 0.25) is 0 Å². The first kappa shape index (κ1) is 22.6. The Kier molecular flexibility index (Phi) is 7.51. The van der Waals surface area contributed by atoms with Crippen LogP contribution in [0.15, 0.2) is 72.8 Å². The van der Waals surface area contributed by atoms with Crippen LogP contribution in [0, 0.1) is 13.8 Å². The van der Waals surface area contributed by atoms with Gasteiger partial charge < -0.3 is 19.8 Å². The molecule has 0 N–H and O–H groups in total. The van der Waals surface area contributed by atoms with Crippen LogP contribution in [0.3, 0.4) is 0 Å². The molecule has 0 radical (unpaired) electrons. The summed E-state index contributed by atoms with van der Waals surface area (Å²) in [4.78, 5) is 21.2. The van der Waals surface area contributed by atoms with E-state index in [9.17, 15) is 19.8 Å².